The second kappa shape index (κ2) is 10.8. The molecule has 1 heterocycles. The number of nitrogens with two attached hydrogens (primary N) is 1. The van der Waals surface area contributed by atoms with Gasteiger partial charge >= 0.3 is 11.9 Å². The zero-order valence-corrected chi connectivity index (χ0v) is 17.1. The number of benzene rings is 1. The fourth-order valence-corrected chi connectivity index (χ4v) is 3.46. The number of ketones is 1. The van der Waals surface area contributed by atoms with E-state index in [1.807, 2.05) is 5.92 Å². The molecule has 2 atom stereocenters. The van der Waals surface area contributed by atoms with E-state index in [2.05, 4.69) is 5.92 Å². The maximum Gasteiger partial charge on any atom is 0.330 e. The zero-order chi connectivity index (χ0) is 22.1. The Balaban J connectivity index is 2.49. The Kier molecular flexibility index (Phi) is 8.18. The van der Waals surface area contributed by atoms with Crippen LogP contribution < -0.4 is 15.4 Å². The summed E-state index contributed by atoms with van der Waals surface area (Å²) in [6, 6.07) is 6.89. The maximum atomic E-state index is 13.2. The van der Waals surface area contributed by atoms with Crippen LogP contribution in [0.2, 0.25) is 0 Å². The summed E-state index contributed by atoms with van der Waals surface area (Å²) in [4.78, 5) is 39.5. The molecule has 0 aliphatic carbocycles. The quantitative estimate of drug-likeness (QED) is 0.375. The number of rotatable bonds is 9. The van der Waals surface area contributed by atoms with Gasteiger partial charge in [-0.05, 0) is 48.6 Å². The predicted molar refractivity (Wildman–Crippen MR) is 114 cm³/mol. The number of hydrogen-bond acceptors (Lipinski definition) is 7. The van der Waals surface area contributed by atoms with Gasteiger partial charge in [-0.1, -0.05) is 12.0 Å². The molecule has 0 fully saturated rings. The molecule has 0 radical (unpaired) electrons. The lowest BCUT2D eigenvalue weighted by molar-refractivity contribution is -0.148. The number of thiophene rings is 1. The highest BCUT2D eigenvalue weighted by Crippen LogP contribution is 2.32. The number of nitrogens with zero attached hydrogens (tertiary/aromatic N) is 1. The van der Waals surface area contributed by atoms with Crippen molar-refractivity contribution in [3.63, 3.8) is 0 Å². The molecule has 0 saturated carbocycles. The van der Waals surface area contributed by atoms with Gasteiger partial charge in [0.05, 0.1) is 6.61 Å². The Bertz CT molecular complexity index is 970. The van der Waals surface area contributed by atoms with E-state index >= 15 is 0 Å². The van der Waals surface area contributed by atoms with E-state index in [9.17, 15) is 14.4 Å². The van der Waals surface area contributed by atoms with Crippen LogP contribution in [-0.2, 0) is 19.1 Å². The van der Waals surface area contributed by atoms with E-state index in [0.717, 1.165) is 4.90 Å². The van der Waals surface area contributed by atoms with Crippen molar-refractivity contribution in [2.45, 2.75) is 19.0 Å². The minimum atomic E-state index is -1.58. The molecule has 8 heteroatoms. The first-order chi connectivity index (χ1) is 14.4. The van der Waals surface area contributed by atoms with Gasteiger partial charge < -0.3 is 15.2 Å². The first-order valence-electron chi connectivity index (χ1n) is 8.90. The molecule has 154 valence electrons. The number of ether oxygens (including phenoxy) is 2. The number of amides is 1. The summed E-state index contributed by atoms with van der Waals surface area (Å²) in [5, 5.41) is 1.74. The lowest BCUT2D eigenvalue weighted by Gasteiger charge is -2.30. The molecular weight excluding hydrogens is 404 g/mol. The molecule has 7 nitrogen and oxygen atoms in total. The highest BCUT2D eigenvalue weighted by molar-refractivity contribution is 7.10. The van der Waals surface area contributed by atoms with Crippen LogP contribution >= 0.6 is 11.3 Å². The topological polar surface area (TPSA) is 98.9 Å². The van der Waals surface area contributed by atoms with Gasteiger partial charge in [0.15, 0.2) is 11.8 Å². The average Bonchev–Trinajstić information content (AvgIpc) is 3.29. The van der Waals surface area contributed by atoms with Crippen molar-refractivity contribution in [2.24, 2.45) is 5.73 Å². The summed E-state index contributed by atoms with van der Waals surface area (Å²) in [6.45, 7) is 1.75. The van der Waals surface area contributed by atoms with Crippen LogP contribution in [0, 0.1) is 24.7 Å². The van der Waals surface area contributed by atoms with Crippen LogP contribution in [0.4, 0.5) is 5.69 Å². The van der Waals surface area contributed by atoms with Crippen LogP contribution in [-0.4, -0.2) is 36.9 Å². The van der Waals surface area contributed by atoms with Gasteiger partial charge in [-0.2, -0.15) is 0 Å². The molecule has 2 rings (SSSR count). The van der Waals surface area contributed by atoms with Crippen LogP contribution in [0.25, 0.3) is 0 Å². The van der Waals surface area contributed by atoms with Crippen LogP contribution in [0.5, 0.6) is 5.75 Å². The lowest BCUT2D eigenvalue weighted by Crippen LogP contribution is -2.48. The van der Waals surface area contributed by atoms with Crippen molar-refractivity contribution < 1.29 is 23.9 Å². The Labute approximate surface area is 178 Å². The largest absolute Gasteiger partial charge is 0.481 e. The minimum Gasteiger partial charge on any atom is -0.481 e. The van der Waals surface area contributed by atoms with Gasteiger partial charge in [0, 0.05) is 10.6 Å². The van der Waals surface area contributed by atoms with Gasteiger partial charge in [0.1, 0.15) is 18.4 Å². The smallest absolute Gasteiger partial charge is 0.330 e. The molecular formula is C22H20N2O5S. The third-order valence-electron chi connectivity index (χ3n) is 3.97. The lowest BCUT2D eigenvalue weighted by atomic mass is 10.0. The first kappa shape index (κ1) is 22.7. The van der Waals surface area contributed by atoms with Crippen LogP contribution in [0.15, 0.2) is 41.8 Å². The Morgan fingerprint density at radius 2 is 1.90 bits per heavy atom. The van der Waals surface area contributed by atoms with E-state index in [1.165, 1.54) is 11.3 Å². The summed E-state index contributed by atoms with van der Waals surface area (Å²) in [5.41, 5.74) is 6.17. The number of carbonyl (C=O) groups is 3. The highest BCUT2D eigenvalue weighted by atomic mass is 32.1. The first-order valence-corrected chi connectivity index (χ1v) is 9.78. The van der Waals surface area contributed by atoms with E-state index in [1.54, 1.807) is 48.7 Å². The van der Waals surface area contributed by atoms with E-state index < -0.39 is 29.7 Å². The monoisotopic (exact) mass is 424 g/mol. The minimum absolute atomic E-state index is 0.0651. The molecule has 0 saturated heterocycles. The molecule has 2 aromatic rings. The molecule has 1 aromatic heterocycles. The summed E-state index contributed by atoms with van der Waals surface area (Å²) >= 11 is 1.23. The Morgan fingerprint density at radius 1 is 1.20 bits per heavy atom. The Morgan fingerprint density at radius 3 is 2.43 bits per heavy atom. The molecule has 1 aromatic carbocycles. The number of anilines is 1. The summed E-state index contributed by atoms with van der Waals surface area (Å²) in [7, 11) is 0. The SMILES string of the molecule is C#CCOc1ccc(N(C(=O)C#C)C(C(=O)C(N)C(=O)OCC)c2cccs2)cc1. The van der Waals surface area contributed by atoms with Gasteiger partial charge in [-0.3, -0.25) is 14.5 Å². The van der Waals surface area contributed by atoms with E-state index in [4.69, 9.17) is 28.1 Å². The van der Waals surface area contributed by atoms with Gasteiger partial charge in [-0.25, -0.2) is 4.79 Å². The van der Waals surface area contributed by atoms with E-state index in [0.29, 0.717) is 16.3 Å². The number of esters is 1. The predicted octanol–water partition coefficient (Wildman–Crippen LogP) is 1.93. The molecule has 30 heavy (non-hydrogen) atoms. The number of terminal acetylenes is 2. The summed E-state index contributed by atoms with van der Waals surface area (Å²) < 4.78 is 10.2. The third-order valence-corrected chi connectivity index (χ3v) is 4.89. The standard InChI is InChI=1S/C22H20N2O5S/c1-4-13-29-16-11-9-15(10-12-16)24(18(25)5-2)20(17-8-7-14-30-17)21(26)19(23)22(27)28-6-3/h1-2,7-12,14,19-20H,6,13,23H2,3H3. The number of Topliss-reactive ketones (excluding diaryl/α,β-unsaturated/α-hetero) is 1. The molecule has 0 bridgehead atoms. The molecule has 2 N–H and O–H groups in total. The number of carbonyl (C=O) groups excluding carboxylic acids is 3. The van der Waals surface area contributed by atoms with Gasteiger partial charge in [0.2, 0.25) is 0 Å². The van der Waals surface area contributed by atoms with Crippen molar-refractivity contribution in [1.29, 1.82) is 0 Å². The third kappa shape index (κ3) is 5.26. The second-order valence-electron chi connectivity index (χ2n) is 5.86. The Hall–Kier alpha value is -3.59. The molecule has 0 spiro atoms. The fourth-order valence-electron chi connectivity index (χ4n) is 2.64. The van der Waals surface area contributed by atoms with Crippen LogP contribution in [0.3, 0.4) is 0 Å². The molecule has 2 unspecified atom stereocenters. The van der Waals surface area contributed by atoms with Crippen molar-refractivity contribution in [3.05, 3.63) is 46.7 Å². The highest BCUT2D eigenvalue weighted by Gasteiger charge is 2.38. The maximum absolute atomic E-state index is 13.2. The van der Waals surface area contributed by atoms with Crippen molar-refractivity contribution in [3.8, 4) is 30.4 Å². The van der Waals surface area contributed by atoms with Crippen molar-refractivity contribution in [2.75, 3.05) is 18.1 Å². The molecule has 0 aliphatic rings. The fraction of sp³-hybridized carbons (Fsp3) is 0.227. The number of hydrogen-bond donors (Lipinski definition) is 1. The normalized spacial score (nSPS) is 12.0. The average molecular weight is 424 g/mol. The van der Waals surface area contributed by atoms with Crippen molar-refractivity contribution >= 4 is 34.7 Å². The molecule has 1 amide bonds. The zero-order valence-electron chi connectivity index (χ0n) is 16.2. The van der Waals surface area contributed by atoms with Crippen molar-refractivity contribution in [1.82, 2.24) is 0 Å². The molecule has 0 aliphatic heterocycles. The second-order valence-corrected chi connectivity index (χ2v) is 6.84. The van der Waals surface area contributed by atoms with Gasteiger partial charge in [-0.15, -0.1) is 24.2 Å². The summed E-state index contributed by atoms with van der Waals surface area (Å²) in [6.07, 6.45) is 10.5. The van der Waals surface area contributed by atoms with Crippen LogP contribution in [0.1, 0.15) is 17.8 Å². The van der Waals surface area contributed by atoms with Gasteiger partial charge in [0.25, 0.3) is 0 Å². The summed E-state index contributed by atoms with van der Waals surface area (Å²) in [5.74, 6) is 2.49. The van der Waals surface area contributed by atoms with E-state index in [-0.39, 0.29) is 13.2 Å².